The number of hydrogen-bond donors (Lipinski definition) is 3. The van der Waals surface area contributed by atoms with E-state index < -0.39 is 38.3 Å². The van der Waals surface area contributed by atoms with Crippen molar-refractivity contribution in [1.29, 1.82) is 0 Å². The van der Waals surface area contributed by atoms with Gasteiger partial charge in [0.15, 0.2) is 0 Å². The Morgan fingerprint density at radius 3 is 2.30 bits per heavy atom. The number of esters is 1. The maximum Gasteiger partial charge on any atom is 0.308 e. The Morgan fingerprint density at radius 2 is 1.72 bits per heavy atom. The van der Waals surface area contributed by atoms with Gasteiger partial charge in [0.25, 0.3) is 0 Å². The van der Waals surface area contributed by atoms with Gasteiger partial charge >= 0.3 is 5.97 Å². The molecule has 0 spiro atoms. The summed E-state index contributed by atoms with van der Waals surface area (Å²) >= 11 is 3.59. The zero-order valence-electron chi connectivity index (χ0n) is 26.4. The van der Waals surface area contributed by atoms with Crippen molar-refractivity contribution in [2.24, 2.45) is 5.73 Å². The molecule has 0 aliphatic heterocycles. The molecular formula is C32H45BrN4O5Si. The topological polar surface area (TPSA) is 127 Å². The molecule has 0 saturated carbocycles. The number of benzene rings is 2. The zero-order chi connectivity index (χ0) is 32.1. The number of carbonyl (C=O) groups is 3. The fraction of sp³-hybridized carbons (Fsp3) is 0.469. The van der Waals surface area contributed by atoms with Crippen LogP contribution in [0.5, 0.6) is 5.75 Å². The summed E-state index contributed by atoms with van der Waals surface area (Å²) in [6, 6.07) is 12.8. The Labute approximate surface area is 264 Å². The van der Waals surface area contributed by atoms with Gasteiger partial charge in [-0.15, -0.1) is 0 Å². The molecular weight excluding hydrogens is 628 g/mol. The quantitative estimate of drug-likeness (QED) is 0.164. The van der Waals surface area contributed by atoms with Crippen LogP contribution in [-0.2, 0) is 25.5 Å². The van der Waals surface area contributed by atoms with Crippen molar-refractivity contribution < 1.29 is 23.5 Å². The minimum Gasteiger partial charge on any atom is -0.544 e. The number of nitrogens with two attached hydrogens (primary N) is 1. The van der Waals surface area contributed by atoms with E-state index in [1.165, 1.54) is 4.90 Å². The molecule has 234 valence electrons. The molecule has 0 aliphatic carbocycles. The lowest BCUT2D eigenvalue weighted by molar-refractivity contribution is -0.144. The second-order valence-corrected chi connectivity index (χ2v) is 17.9. The molecule has 11 heteroatoms. The Hall–Kier alpha value is -3.15. The smallest absolute Gasteiger partial charge is 0.308 e. The van der Waals surface area contributed by atoms with Crippen molar-refractivity contribution in [3.8, 4) is 5.75 Å². The summed E-state index contributed by atoms with van der Waals surface area (Å²) in [6.07, 6.45) is 0.146. The summed E-state index contributed by atoms with van der Waals surface area (Å²) in [5.74, 6) is -0.485. The van der Waals surface area contributed by atoms with Gasteiger partial charge in [-0.1, -0.05) is 51.1 Å². The predicted octanol–water partition coefficient (Wildman–Crippen LogP) is 5.84. The number of rotatable bonds is 12. The van der Waals surface area contributed by atoms with Gasteiger partial charge in [0.1, 0.15) is 11.8 Å². The van der Waals surface area contributed by atoms with Crippen molar-refractivity contribution in [2.45, 2.75) is 83.7 Å². The van der Waals surface area contributed by atoms with Gasteiger partial charge in [0.2, 0.25) is 20.1 Å². The van der Waals surface area contributed by atoms with E-state index >= 15 is 0 Å². The predicted molar refractivity (Wildman–Crippen MR) is 176 cm³/mol. The van der Waals surface area contributed by atoms with Crippen LogP contribution in [0.4, 0.5) is 0 Å². The molecule has 3 rings (SSSR count). The molecule has 0 aliphatic rings. The SMILES string of the molecule is CCOC(=O)C[C@@H](NC(=O)[C@@H](Cc1c(Br)[nH]c2ccccc12)N(C)C(=O)[C@H](C)N)c1ccc(O[Si](C)(C)C(C)(C)C)cc1. The first-order valence-corrected chi connectivity index (χ1v) is 18.3. The lowest BCUT2D eigenvalue weighted by Crippen LogP contribution is -2.53. The van der Waals surface area contributed by atoms with E-state index in [-0.39, 0.29) is 30.4 Å². The van der Waals surface area contributed by atoms with Crippen LogP contribution in [0.3, 0.4) is 0 Å². The molecule has 3 aromatic rings. The number of amides is 2. The molecule has 0 radical (unpaired) electrons. The molecule has 3 atom stereocenters. The monoisotopic (exact) mass is 672 g/mol. The summed E-state index contributed by atoms with van der Waals surface area (Å²) in [4.78, 5) is 44.4. The number of halogens is 1. The standard InChI is InChI=1S/C32H45BrN4O5Si/c1-9-41-28(38)19-26(21-14-16-22(17-15-21)42-43(7,8)32(3,4)5)36-30(39)27(37(6)31(40)20(2)34)18-24-23-12-10-11-13-25(23)35-29(24)33/h10-17,20,26-27,35H,9,18-19,34H2,1-8H3,(H,36,39)/t20-,26+,27+/m0/s1. The lowest BCUT2D eigenvalue weighted by atomic mass is 10.00. The number of nitrogens with one attached hydrogen (secondary N) is 2. The van der Waals surface area contributed by atoms with Crippen molar-refractivity contribution in [2.75, 3.05) is 13.7 Å². The Kier molecular flexibility index (Phi) is 11.3. The van der Waals surface area contributed by atoms with Gasteiger partial charge in [-0.05, 0) is 77.2 Å². The molecule has 0 fully saturated rings. The van der Waals surface area contributed by atoms with Gasteiger partial charge in [-0.3, -0.25) is 14.4 Å². The fourth-order valence-electron chi connectivity index (χ4n) is 4.56. The van der Waals surface area contributed by atoms with Crippen LogP contribution in [0.15, 0.2) is 53.1 Å². The summed E-state index contributed by atoms with van der Waals surface area (Å²) in [6.45, 7) is 14.4. The number of fused-ring (bicyclic) bond motifs is 1. The van der Waals surface area contributed by atoms with Crippen LogP contribution in [0.2, 0.25) is 18.1 Å². The molecule has 9 nitrogen and oxygen atoms in total. The van der Waals surface area contributed by atoms with E-state index in [0.29, 0.717) is 0 Å². The first-order chi connectivity index (χ1) is 20.1. The lowest BCUT2D eigenvalue weighted by Gasteiger charge is -2.36. The van der Waals surface area contributed by atoms with E-state index in [9.17, 15) is 14.4 Å². The third-order valence-corrected chi connectivity index (χ3v) is 13.2. The number of aromatic nitrogens is 1. The molecule has 0 saturated heterocycles. The maximum absolute atomic E-state index is 14.0. The van der Waals surface area contributed by atoms with E-state index in [1.54, 1.807) is 20.9 Å². The first-order valence-electron chi connectivity index (χ1n) is 14.6. The number of H-pyrrole nitrogens is 1. The van der Waals surface area contributed by atoms with E-state index in [4.69, 9.17) is 14.9 Å². The number of likely N-dealkylation sites (N-methyl/N-ethyl adjacent to an activating group) is 1. The Morgan fingerprint density at radius 1 is 1.09 bits per heavy atom. The Bertz CT molecular complexity index is 1430. The van der Waals surface area contributed by atoms with E-state index in [0.717, 1.165) is 32.4 Å². The van der Waals surface area contributed by atoms with Crippen molar-refractivity contribution >= 4 is 52.9 Å². The van der Waals surface area contributed by atoms with Crippen LogP contribution in [-0.4, -0.2) is 61.7 Å². The molecule has 1 heterocycles. The highest BCUT2D eigenvalue weighted by Gasteiger charge is 2.39. The maximum atomic E-state index is 14.0. The van der Waals surface area contributed by atoms with Crippen LogP contribution >= 0.6 is 15.9 Å². The van der Waals surface area contributed by atoms with Crippen LogP contribution in [0.25, 0.3) is 10.9 Å². The fourth-order valence-corrected chi connectivity index (χ4v) is 6.18. The van der Waals surface area contributed by atoms with Gasteiger partial charge in [0.05, 0.1) is 29.7 Å². The first kappa shape index (κ1) is 34.3. The summed E-state index contributed by atoms with van der Waals surface area (Å²) in [5.41, 5.74) is 8.42. The second-order valence-electron chi connectivity index (χ2n) is 12.4. The third kappa shape index (κ3) is 8.48. The van der Waals surface area contributed by atoms with E-state index in [2.05, 4.69) is 60.1 Å². The van der Waals surface area contributed by atoms with Crippen LogP contribution in [0.1, 0.15) is 58.2 Å². The minimum absolute atomic E-state index is 0.0331. The largest absolute Gasteiger partial charge is 0.544 e. The van der Waals surface area contributed by atoms with Gasteiger partial charge in [-0.2, -0.15) is 0 Å². The van der Waals surface area contributed by atoms with E-state index in [1.807, 2.05) is 48.5 Å². The molecule has 43 heavy (non-hydrogen) atoms. The van der Waals surface area contributed by atoms with Gasteiger partial charge in [-0.25, -0.2) is 0 Å². The molecule has 0 bridgehead atoms. The van der Waals surface area contributed by atoms with Crippen molar-refractivity contribution in [1.82, 2.24) is 15.2 Å². The molecule has 1 aromatic heterocycles. The van der Waals surface area contributed by atoms with Crippen molar-refractivity contribution in [3.63, 3.8) is 0 Å². The summed E-state index contributed by atoms with van der Waals surface area (Å²) in [7, 11) is -0.479. The normalized spacial score (nSPS) is 14.1. The van der Waals surface area contributed by atoms with Gasteiger partial charge < -0.3 is 30.1 Å². The molecule has 4 N–H and O–H groups in total. The highest BCUT2D eigenvalue weighted by molar-refractivity contribution is 9.10. The van der Waals surface area contributed by atoms with Crippen LogP contribution < -0.4 is 15.5 Å². The average Bonchev–Trinajstić information content (AvgIpc) is 3.24. The highest BCUT2D eigenvalue weighted by Crippen LogP contribution is 2.37. The zero-order valence-corrected chi connectivity index (χ0v) is 29.0. The molecule has 2 aromatic carbocycles. The second kappa shape index (κ2) is 14.1. The number of aromatic amines is 1. The third-order valence-electron chi connectivity index (χ3n) is 8.12. The average molecular weight is 674 g/mol. The summed E-state index contributed by atoms with van der Waals surface area (Å²) in [5, 5.41) is 4.01. The summed E-state index contributed by atoms with van der Waals surface area (Å²) < 4.78 is 12.4. The van der Waals surface area contributed by atoms with Crippen LogP contribution in [0, 0.1) is 0 Å². The van der Waals surface area contributed by atoms with Crippen molar-refractivity contribution in [3.05, 3.63) is 64.3 Å². The number of hydrogen-bond acceptors (Lipinski definition) is 6. The number of para-hydroxylation sites is 1. The number of carbonyl (C=O) groups excluding carboxylic acids is 3. The Balaban J connectivity index is 1.95. The molecule has 0 unspecified atom stereocenters. The number of ether oxygens (including phenoxy) is 1. The molecule has 2 amide bonds. The minimum atomic E-state index is -2.05. The van der Waals surface area contributed by atoms with Gasteiger partial charge in [0, 0.05) is 24.4 Å². The number of nitrogens with zero attached hydrogens (tertiary/aromatic N) is 1. The highest BCUT2D eigenvalue weighted by atomic mass is 79.9.